The summed E-state index contributed by atoms with van der Waals surface area (Å²) < 4.78 is 27.5. The maximum atomic E-state index is 13.7. The number of anilines is 1. The van der Waals surface area contributed by atoms with Crippen molar-refractivity contribution in [3.63, 3.8) is 0 Å². The molecule has 3 fully saturated rings. The highest BCUT2D eigenvalue weighted by Gasteiger charge is 2.35. The lowest BCUT2D eigenvalue weighted by Gasteiger charge is -2.34. The number of nitrogens with two attached hydrogens (primary N) is 1. The van der Waals surface area contributed by atoms with Gasteiger partial charge in [0.15, 0.2) is 0 Å². The van der Waals surface area contributed by atoms with Gasteiger partial charge in [0.2, 0.25) is 5.91 Å². The first-order valence-electron chi connectivity index (χ1n) is 14.2. The molecule has 0 aromatic heterocycles. The molecular weight excluding hydrogens is 550 g/mol. The molecule has 1 amide bonds. The first-order chi connectivity index (χ1) is 19.7. The molecule has 7 nitrogen and oxygen atoms in total. The highest BCUT2D eigenvalue weighted by atomic mass is 35.5. The minimum Gasteiger partial charge on any atom is -0.478 e. The van der Waals surface area contributed by atoms with Crippen LogP contribution in [0.15, 0.2) is 59.2 Å². The van der Waals surface area contributed by atoms with E-state index in [2.05, 4.69) is 34.2 Å². The number of carbonyl (C=O) groups excluding carboxylic acids is 1. The minimum absolute atomic E-state index is 0.262. The van der Waals surface area contributed by atoms with E-state index >= 15 is 0 Å². The topological polar surface area (TPSA) is 99.2 Å². The zero-order valence-electron chi connectivity index (χ0n) is 22.8. The van der Waals surface area contributed by atoms with E-state index in [1.807, 2.05) is 23.1 Å². The predicted octanol–water partition coefficient (Wildman–Crippen LogP) is 5.73. The van der Waals surface area contributed by atoms with Gasteiger partial charge in [-0.1, -0.05) is 41.9 Å². The highest BCUT2D eigenvalue weighted by Crippen LogP contribution is 2.38. The van der Waals surface area contributed by atoms with Crippen molar-refractivity contribution >= 4 is 34.9 Å². The summed E-state index contributed by atoms with van der Waals surface area (Å²) in [6, 6.07) is 13.7. The van der Waals surface area contributed by atoms with Gasteiger partial charge in [-0.15, -0.1) is 0 Å². The normalized spacial score (nSPS) is 20.9. The third-order valence-corrected chi connectivity index (χ3v) is 8.56. The number of benzene rings is 2. The first kappa shape index (κ1) is 29.0. The fraction of sp³-hybridized carbons (Fsp3) is 0.452. The molecule has 2 aliphatic heterocycles. The molecule has 1 unspecified atom stereocenters. The summed E-state index contributed by atoms with van der Waals surface area (Å²) in [7, 11) is 0. The van der Waals surface area contributed by atoms with Gasteiger partial charge in [0, 0.05) is 54.6 Å². The number of rotatable bonds is 8. The average molecular weight is 585 g/mol. The minimum atomic E-state index is -3.05. The number of hydrogen-bond acceptors (Lipinski definition) is 5. The molecular formula is C31H35ClF2N4O3. The number of piperidine rings is 2. The Morgan fingerprint density at radius 1 is 1.02 bits per heavy atom. The van der Waals surface area contributed by atoms with Gasteiger partial charge in [-0.05, 0) is 67.7 Å². The van der Waals surface area contributed by atoms with Crippen molar-refractivity contribution in [3.8, 4) is 11.1 Å². The van der Waals surface area contributed by atoms with Gasteiger partial charge >= 0.3 is 5.97 Å². The summed E-state index contributed by atoms with van der Waals surface area (Å²) in [5.41, 5.74) is 7.98. The molecule has 2 aromatic carbocycles. The van der Waals surface area contributed by atoms with Crippen LogP contribution in [0, 0.1) is 5.92 Å². The summed E-state index contributed by atoms with van der Waals surface area (Å²) in [5.74, 6) is -0.530. The van der Waals surface area contributed by atoms with E-state index in [0.29, 0.717) is 49.0 Å². The van der Waals surface area contributed by atoms with Crippen LogP contribution in [0.1, 0.15) is 50.0 Å². The van der Waals surface area contributed by atoms with Gasteiger partial charge in [0.1, 0.15) is 11.3 Å². The molecule has 2 aromatic rings. The van der Waals surface area contributed by atoms with Crippen LogP contribution in [0.4, 0.5) is 14.5 Å². The van der Waals surface area contributed by atoms with E-state index in [1.165, 1.54) is 5.56 Å². The number of aliphatic imine (C=N–C) groups is 1. The van der Waals surface area contributed by atoms with Gasteiger partial charge < -0.3 is 20.6 Å². The predicted molar refractivity (Wildman–Crippen MR) is 157 cm³/mol. The number of carboxylic acids is 1. The molecule has 1 atom stereocenters. The highest BCUT2D eigenvalue weighted by molar-refractivity contribution is 6.31. The van der Waals surface area contributed by atoms with Crippen molar-refractivity contribution in [3.05, 3.63) is 64.8 Å². The van der Waals surface area contributed by atoms with Crippen molar-refractivity contribution in [2.24, 2.45) is 16.6 Å². The third-order valence-electron chi connectivity index (χ3n) is 8.32. The third kappa shape index (κ3) is 6.72. The van der Waals surface area contributed by atoms with Crippen molar-refractivity contribution in [1.29, 1.82) is 0 Å². The fourth-order valence-corrected chi connectivity index (χ4v) is 6.12. The summed E-state index contributed by atoms with van der Waals surface area (Å²) in [6.07, 6.45) is 2.86. The second-order valence-electron chi connectivity index (χ2n) is 11.1. The molecule has 2 heterocycles. The van der Waals surface area contributed by atoms with E-state index < -0.39 is 29.7 Å². The SMILES string of the molecule is NC=C(C(=O)O)C(=NC1CCCN(c2cc(Cl)ccc2-c2ccc(C3CCN(C(=O)C4CC4)CC3)cc2)C1)C(F)F. The molecule has 1 saturated carbocycles. The van der Waals surface area contributed by atoms with Crippen molar-refractivity contribution in [2.45, 2.75) is 56.9 Å². The Balaban J connectivity index is 1.32. The maximum absolute atomic E-state index is 13.7. The summed E-state index contributed by atoms with van der Waals surface area (Å²) >= 11 is 6.40. The number of alkyl halides is 2. The molecule has 0 radical (unpaired) electrons. The molecule has 0 spiro atoms. The van der Waals surface area contributed by atoms with E-state index in [4.69, 9.17) is 17.3 Å². The Kier molecular flexibility index (Phi) is 8.92. The standard InChI is InChI=1S/C31H35ClF2N4O3/c32-23-9-10-25(21-5-3-19(4-6-21)20-11-14-37(15-12-20)30(39)22-7-8-22)27(16-23)38-13-1-2-24(18-38)36-28(29(33)34)26(17-35)31(40)41/h3-6,9-10,16-17,20,22,24,29H,1-2,7-8,11-15,18,35H2,(H,40,41). The number of likely N-dealkylation sites (tertiary alicyclic amines) is 1. The number of aliphatic carboxylic acids is 1. The Hall–Kier alpha value is -3.46. The average Bonchev–Trinajstić information content (AvgIpc) is 3.83. The number of carboxylic acid groups (broad SMARTS) is 1. The quantitative estimate of drug-likeness (QED) is 0.305. The molecule has 3 aliphatic rings. The van der Waals surface area contributed by atoms with Gasteiger partial charge in [-0.25, -0.2) is 13.6 Å². The number of amides is 1. The van der Waals surface area contributed by atoms with E-state index in [-0.39, 0.29) is 5.92 Å². The van der Waals surface area contributed by atoms with Crippen LogP contribution in [-0.2, 0) is 9.59 Å². The van der Waals surface area contributed by atoms with Crippen LogP contribution < -0.4 is 10.6 Å². The molecule has 10 heteroatoms. The molecule has 218 valence electrons. The van der Waals surface area contributed by atoms with Gasteiger partial charge in [0.05, 0.1) is 6.04 Å². The van der Waals surface area contributed by atoms with Crippen molar-refractivity contribution in [2.75, 3.05) is 31.1 Å². The van der Waals surface area contributed by atoms with Crippen LogP contribution in [0.25, 0.3) is 11.1 Å². The van der Waals surface area contributed by atoms with Crippen molar-refractivity contribution in [1.82, 2.24) is 4.90 Å². The van der Waals surface area contributed by atoms with E-state index in [9.17, 15) is 23.5 Å². The molecule has 5 rings (SSSR count). The van der Waals surface area contributed by atoms with Gasteiger partial charge in [-0.3, -0.25) is 9.79 Å². The second-order valence-corrected chi connectivity index (χ2v) is 11.5. The van der Waals surface area contributed by atoms with E-state index in [1.54, 1.807) is 0 Å². The van der Waals surface area contributed by atoms with Crippen LogP contribution in [0.5, 0.6) is 0 Å². The largest absolute Gasteiger partial charge is 0.478 e. The Morgan fingerprint density at radius 3 is 2.34 bits per heavy atom. The molecule has 1 aliphatic carbocycles. The van der Waals surface area contributed by atoms with Crippen LogP contribution in [0.2, 0.25) is 5.02 Å². The monoisotopic (exact) mass is 584 g/mol. The van der Waals surface area contributed by atoms with Crippen LogP contribution in [0.3, 0.4) is 0 Å². The van der Waals surface area contributed by atoms with Gasteiger partial charge in [0.25, 0.3) is 6.43 Å². The lowest BCUT2D eigenvalue weighted by Crippen LogP contribution is -2.39. The second kappa shape index (κ2) is 12.6. The zero-order chi connectivity index (χ0) is 29.1. The molecule has 41 heavy (non-hydrogen) atoms. The number of halogens is 3. The Bertz CT molecular complexity index is 1340. The summed E-state index contributed by atoms with van der Waals surface area (Å²) in [5, 5.41) is 9.86. The Morgan fingerprint density at radius 2 is 1.73 bits per heavy atom. The molecule has 0 bridgehead atoms. The smallest absolute Gasteiger partial charge is 0.339 e. The van der Waals surface area contributed by atoms with E-state index in [0.717, 1.165) is 55.6 Å². The van der Waals surface area contributed by atoms with Crippen molar-refractivity contribution < 1.29 is 23.5 Å². The summed E-state index contributed by atoms with van der Waals surface area (Å²) in [4.78, 5) is 32.1. The number of nitrogens with zero attached hydrogens (tertiary/aromatic N) is 3. The number of carbonyl (C=O) groups is 2. The lowest BCUT2D eigenvalue weighted by molar-refractivity contribution is -0.134. The zero-order valence-corrected chi connectivity index (χ0v) is 23.6. The maximum Gasteiger partial charge on any atom is 0.339 e. The van der Waals surface area contributed by atoms with Gasteiger partial charge in [-0.2, -0.15) is 0 Å². The number of hydrogen-bond donors (Lipinski definition) is 2. The molecule has 3 N–H and O–H groups in total. The first-order valence-corrected chi connectivity index (χ1v) is 14.6. The summed E-state index contributed by atoms with van der Waals surface area (Å²) in [6.45, 7) is 2.66. The van der Waals surface area contributed by atoms with Crippen LogP contribution >= 0.6 is 11.6 Å². The fourth-order valence-electron chi connectivity index (χ4n) is 5.95. The lowest BCUT2D eigenvalue weighted by atomic mass is 9.88. The Labute approximate surface area is 243 Å². The molecule has 2 saturated heterocycles. The van der Waals surface area contributed by atoms with Crippen LogP contribution in [-0.4, -0.2) is 66.2 Å².